The van der Waals surface area contributed by atoms with Gasteiger partial charge in [0.2, 0.25) is 0 Å². The minimum Gasteiger partial charge on any atom is -0.367 e. The molecule has 0 aromatic heterocycles. The number of carbonyl (C=O) groups is 1. The molecule has 0 saturated carbocycles. The lowest BCUT2D eigenvalue weighted by atomic mass is 10.1. The maximum atomic E-state index is 13.0. The van der Waals surface area contributed by atoms with Gasteiger partial charge in [-0.3, -0.25) is 9.52 Å². The number of rotatable bonds is 7. The number of ether oxygens (including phenoxy) is 1. The average Bonchev–Trinajstić information content (AvgIpc) is 2.76. The Labute approximate surface area is 193 Å². The fraction of sp³-hybridized carbons (Fsp3) is 0.136. The second kappa shape index (κ2) is 9.82. The Bertz CT molecular complexity index is 1230. The molecule has 0 fully saturated rings. The lowest BCUT2D eigenvalue weighted by molar-refractivity contribution is -0.137. The first-order valence-corrected chi connectivity index (χ1v) is 11.3. The molecule has 3 aromatic carbocycles. The SMILES string of the molecule is CO[C@H](C(=O)Nc1ccc(S(=O)(=O)Nc2ccc(Cl)c(C(F)(F)F)c2)cc1)c1ccccc1. The third-order valence-electron chi connectivity index (χ3n) is 4.53. The van der Waals surface area contributed by atoms with Crippen LogP contribution in [0.25, 0.3) is 0 Å². The van der Waals surface area contributed by atoms with Gasteiger partial charge in [-0.05, 0) is 48.0 Å². The number of nitrogens with one attached hydrogen (secondary N) is 2. The molecule has 3 rings (SSSR count). The Kier molecular flexibility index (Phi) is 7.31. The van der Waals surface area contributed by atoms with E-state index in [-0.39, 0.29) is 10.6 Å². The molecule has 2 N–H and O–H groups in total. The van der Waals surface area contributed by atoms with Crippen molar-refractivity contribution in [2.75, 3.05) is 17.1 Å². The van der Waals surface area contributed by atoms with Gasteiger partial charge in [-0.2, -0.15) is 13.2 Å². The predicted molar refractivity (Wildman–Crippen MR) is 119 cm³/mol. The van der Waals surface area contributed by atoms with Crippen molar-refractivity contribution in [1.82, 2.24) is 0 Å². The first kappa shape index (κ1) is 24.6. The van der Waals surface area contributed by atoms with E-state index in [9.17, 15) is 26.4 Å². The molecule has 1 atom stereocenters. The molecule has 6 nitrogen and oxygen atoms in total. The van der Waals surface area contributed by atoms with Crippen LogP contribution in [0, 0.1) is 0 Å². The van der Waals surface area contributed by atoms with Crippen LogP contribution in [0.2, 0.25) is 5.02 Å². The Balaban J connectivity index is 1.75. The van der Waals surface area contributed by atoms with Crippen LogP contribution in [0.1, 0.15) is 17.2 Å². The highest BCUT2D eigenvalue weighted by Crippen LogP contribution is 2.36. The molecule has 174 valence electrons. The molecule has 0 aliphatic heterocycles. The highest BCUT2D eigenvalue weighted by atomic mass is 35.5. The van der Waals surface area contributed by atoms with Crippen molar-refractivity contribution in [1.29, 1.82) is 0 Å². The normalized spacial score (nSPS) is 12.8. The number of carbonyl (C=O) groups excluding carboxylic acids is 1. The standard InChI is InChI=1S/C22H18ClF3N2O4S/c1-32-20(14-5-3-2-4-6-14)21(29)27-15-7-10-17(11-8-15)33(30,31)28-16-9-12-19(23)18(13-16)22(24,25)26/h2-13,20,28H,1H3,(H,27,29)/t20-/m0/s1. The molecule has 33 heavy (non-hydrogen) atoms. The summed E-state index contributed by atoms with van der Waals surface area (Å²) in [6.45, 7) is 0. The minimum atomic E-state index is -4.74. The Morgan fingerprint density at radius 1 is 0.970 bits per heavy atom. The molecule has 0 aliphatic carbocycles. The van der Waals surface area contributed by atoms with Gasteiger partial charge in [0.15, 0.2) is 6.10 Å². The van der Waals surface area contributed by atoms with Crippen LogP contribution in [-0.2, 0) is 25.7 Å². The number of amides is 1. The summed E-state index contributed by atoms with van der Waals surface area (Å²) >= 11 is 5.56. The summed E-state index contributed by atoms with van der Waals surface area (Å²) in [6, 6.07) is 16.6. The Morgan fingerprint density at radius 3 is 2.15 bits per heavy atom. The van der Waals surface area contributed by atoms with E-state index in [1.165, 1.54) is 31.4 Å². The van der Waals surface area contributed by atoms with Gasteiger partial charge in [0, 0.05) is 18.5 Å². The molecular formula is C22H18ClF3N2O4S. The summed E-state index contributed by atoms with van der Waals surface area (Å²) in [5.74, 6) is -0.460. The van der Waals surface area contributed by atoms with E-state index in [0.717, 1.165) is 12.1 Å². The Morgan fingerprint density at radius 2 is 1.58 bits per heavy atom. The summed E-state index contributed by atoms with van der Waals surface area (Å²) in [6.07, 6.45) is -5.61. The van der Waals surface area contributed by atoms with Crippen molar-refractivity contribution < 1.29 is 31.1 Å². The van der Waals surface area contributed by atoms with Gasteiger partial charge in [-0.25, -0.2) is 8.42 Å². The van der Waals surface area contributed by atoms with Crippen molar-refractivity contribution in [3.05, 3.63) is 88.9 Å². The van der Waals surface area contributed by atoms with Crippen molar-refractivity contribution in [2.24, 2.45) is 0 Å². The van der Waals surface area contributed by atoms with Gasteiger partial charge < -0.3 is 10.1 Å². The van der Waals surface area contributed by atoms with Gasteiger partial charge in [0.05, 0.1) is 15.5 Å². The van der Waals surface area contributed by atoms with E-state index in [0.29, 0.717) is 17.3 Å². The average molecular weight is 499 g/mol. The van der Waals surface area contributed by atoms with Crippen molar-refractivity contribution in [3.8, 4) is 0 Å². The largest absolute Gasteiger partial charge is 0.417 e. The molecule has 0 unspecified atom stereocenters. The van der Waals surface area contributed by atoms with Crippen LogP contribution >= 0.6 is 11.6 Å². The quantitative estimate of drug-likeness (QED) is 0.451. The molecule has 1 amide bonds. The van der Waals surface area contributed by atoms with Crippen LogP contribution < -0.4 is 10.0 Å². The van der Waals surface area contributed by atoms with E-state index in [2.05, 4.69) is 10.0 Å². The highest BCUT2D eigenvalue weighted by Gasteiger charge is 2.33. The molecule has 0 spiro atoms. The maximum Gasteiger partial charge on any atom is 0.417 e. The second-order valence-electron chi connectivity index (χ2n) is 6.84. The highest BCUT2D eigenvalue weighted by molar-refractivity contribution is 7.92. The molecular weight excluding hydrogens is 481 g/mol. The molecule has 0 radical (unpaired) electrons. The van der Waals surface area contributed by atoms with Crippen molar-refractivity contribution >= 4 is 38.9 Å². The van der Waals surface area contributed by atoms with Gasteiger partial charge in [0.1, 0.15) is 0 Å². The van der Waals surface area contributed by atoms with E-state index in [1.807, 2.05) is 0 Å². The monoisotopic (exact) mass is 498 g/mol. The third kappa shape index (κ3) is 6.04. The lowest BCUT2D eigenvalue weighted by Crippen LogP contribution is -2.22. The number of alkyl halides is 3. The number of halogens is 4. The molecule has 0 bridgehead atoms. The first-order chi connectivity index (χ1) is 15.5. The molecule has 3 aromatic rings. The topological polar surface area (TPSA) is 84.5 Å². The zero-order valence-corrected chi connectivity index (χ0v) is 18.6. The van der Waals surface area contributed by atoms with E-state index in [4.69, 9.17) is 16.3 Å². The van der Waals surface area contributed by atoms with E-state index < -0.39 is 38.8 Å². The van der Waals surface area contributed by atoms with Gasteiger partial charge in [0.25, 0.3) is 15.9 Å². The van der Waals surface area contributed by atoms with Crippen molar-refractivity contribution in [2.45, 2.75) is 17.2 Å². The fourth-order valence-corrected chi connectivity index (χ4v) is 4.24. The van der Waals surface area contributed by atoms with Crippen molar-refractivity contribution in [3.63, 3.8) is 0 Å². The van der Waals surface area contributed by atoms with E-state index >= 15 is 0 Å². The third-order valence-corrected chi connectivity index (χ3v) is 6.26. The molecule has 11 heteroatoms. The summed E-state index contributed by atoms with van der Waals surface area (Å²) in [5, 5.41) is 2.09. The van der Waals surface area contributed by atoms with Gasteiger partial charge in [-0.1, -0.05) is 41.9 Å². The number of hydrogen-bond acceptors (Lipinski definition) is 4. The summed E-state index contributed by atoms with van der Waals surface area (Å²) in [5.41, 5.74) is -0.506. The smallest absolute Gasteiger partial charge is 0.367 e. The van der Waals surface area contributed by atoms with Crippen LogP contribution in [0.3, 0.4) is 0 Å². The predicted octanol–water partition coefficient (Wildman–Crippen LogP) is 5.49. The minimum absolute atomic E-state index is 0.213. The van der Waals surface area contributed by atoms with Crippen LogP contribution in [0.5, 0.6) is 0 Å². The number of sulfonamides is 1. The van der Waals surface area contributed by atoms with Gasteiger partial charge in [-0.15, -0.1) is 0 Å². The zero-order chi connectivity index (χ0) is 24.2. The molecule has 0 heterocycles. The lowest BCUT2D eigenvalue weighted by Gasteiger charge is -2.16. The zero-order valence-electron chi connectivity index (χ0n) is 17.1. The van der Waals surface area contributed by atoms with E-state index in [1.54, 1.807) is 30.3 Å². The second-order valence-corrected chi connectivity index (χ2v) is 8.93. The molecule has 0 aliphatic rings. The van der Waals surface area contributed by atoms with Crippen LogP contribution in [-0.4, -0.2) is 21.4 Å². The van der Waals surface area contributed by atoms with Crippen LogP contribution in [0.4, 0.5) is 24.5 Å². The molecule has 0 saturated heterocycles. The summed E-state index contributed by atoms with van der Waals surface area (Å²) in [4.78, 5) is 12.3. The summed E-state index contributed by atoms with van der Waals surface area (Å²) < 4.78 is 71.6. The summed E-state index contributed by atoms with van der Waals surface area (Å²) in [7, 11) is -2.81. The maximum absolute atomic E-state index is 13.0. The van der Waals surface area contributed by atoms with Crippen LogP contribution in [0.15, 0.2) is 77.7 Å². The number of hydrogen-bond donors (Lipinski definition) is 2. The first-order valence-electron chi connectivity index (χ1n) is 9.39. The fourth-order valence-electron chi connectivity index (χ4n) is 2.97. The Hall–Kier alpha value is -3.08. The van der Waals surface area contributed by atoms with Gasteiger partial charge >= 0.3 is 6.18 Å². The number of benzene rings is 3. The number of anilines is 2. The number of methoxy groups -OCH3 is 1.